The van der Waals surface area contributed by atoms with Crippen molar-refractivity contribution in [2.75, 3.05) is 33.3 Å². The molecule has 1 heterocycles. The molecular formula is C17H22Cl2N2O3. The fourth-order valence-corrected chi connectivity index (χ4v) is 3.37. The van der Waals surface area contributed by atoms with Gasteiger partial charge in [-0.25, -0.2) is 0 Å². The largest absolute Gasteiger partial charge is 0.494 e. The molecule has 0 radical (unpaired) electrons. The van der Waals surface area contributed by atoms with Crippen LogP contribution in [0.15, 0.2) is 12.1 Å². The topological polar surface area (TPSA) is 49.9 Å². The van der Waals surface area contributed by atoms with Crippen molar-refractivity contribution < 1.29 is 14.3 Å². The third-order valence-corrected chi connectivity index (χ3v) is 4.53. The van der Waals surface area contributed by atoms with Gasteiger partial charge in [-0.3, -0.25) is 9.59 Å². The van der Waals surface area contributed by atoms with Crippen LogP contribution in [-0.4, -0.2) is 54.9 Å². The lowest BCUT2D eigenvalue weighted by atomic mass is 10.1. The highest BCUT2D eigenvalue weighted by Gasteiger charge is 2.26. The first-order valence-electron chi connectivity index (χ1n) is 7.96. The van der Waals surface area contributed by atoms with Gasteiger partial charge in [-0.05, 0) is 18.6 Å². The second kappa shape index (κ2) is 8.08. The van der Waals surface area contributed by atoms with Gasteiger partial charge in [0, 0.05) is 37.1 Å². The van der Waals surface area contributed by atoms with Crippen molar-refractivity contribution >= 4 is 35.0 Å². The molecule has 1 aromatic carbocycles. The van der Waals surface area contributed by atoms with Crippen molar-refractivity contribution in [2.45, 2.75) is 20.3 Å². The third-order valence-electron chi connectivity index (χ3n) is 4.03. The number of nitrogens with zero attached hydrogens (tertiary/aromatic N) is 2. The van der Waals surface area contributed by atoms with Crippen LogP contribution in [0.5, 0.6) is 5.75 Å². The van der Waals surface area contributed by atoms with Crippen molar-refractivity contribution in [3.05, 3.63) is 27.7 Å². The predicted octanol–water partition coefficient (Wildman–Crippen LogP) is 3.33. The van der Waals surface area contributed by atoms with Crippen LogP contribution in [-0.2, 0) is 4.79 Å². The summed E-state index contributed by atoms with van der Waals surface area (Å²) in [5, 5.41) is 0.690. The Hall–Kier alpha value is -1.46. The van der Waals surface area contributed by atoms with E-state index in [0.717, 1.165) is 6.42 Å². The number of ether oxygens (including phenoxy) is 1. The fourth-order valence-electron chi connectivity index (χ4n) is 2.80. The molecule has 1 saturated heterocycles. The summed E-state index contributed by atoms with van der Waals surface area (Å²) in [7, 11) is 1.47. The number of amides is 2. The minimum Gasteiger partial charge on any atom is -0.494 e. The molecule has 2 rings (SSSR count). The average molecular weight is 373 g/mol. The summed E-state index contributed by atoms with van der Waals surface area (Å²) in [5.74, 6) is 0.215. The maximum absolute atomic E-state index is 12.9. The van der Waals surface area contributed by atoms with E-state index in [0.29, 0.717) is 47.5 Å². The third kappa shape index (κ3) is 4.14. The van der Waals surface area contributed by atoms with Crippen LogP contribution in [0.4, 0.5) is 0 Å². The summed E-state index contributed by atoms with van der Waals surface area (Å²) in [4.78, 5) is 28.6. The average Bonchev–Trinajstić information content (AvgIpc) is 2.78. The van der Waals surface area contributed by atoms with E-state index in [1.54, 1.807) is 17.0 Å². The van der Waals surface area contributed by atoms with Gasteiger partial charge in [-0.15, -0.1) is 0 Å². The second-order valence-corrected chi connectivity index (χ2v) is 6.94. The van der Waals surface area contributed by atoms with Crippen LogP contribution in [0.2, 0.25) is 10.0 Å². The number of hydrogen-bond donors (Lipinski definition) is 0. The lowest BCUT2D eigenvalue weighted by molar-refractivity contribution is -0.134. The molecule has 1 aliphatic heterocycles. The highest BCUT2D eigenvalue weighted by Crippen LogP contribution is 2.33. The summed E-state index contributed by atoms with van der Waals surface area (Å²) < 4.78 is 5.26. The Morgan fingerprint density at radius 3 is 2.33 bits per heavy atom. The summed E-state index contributed by atoms with van der Waals surface area (Å²) >= 11 is 12.1. The minimum atomic E-state index is -0.185. The van der Waals surface area contributed by atoms with Gasteiger partial charge in [0.2, 0.25) is 5.91 Å². The van der Waals surface area contributed by atoms with Gasteiger partial charge in [-0.2, -0.15) is 0 Å². The van der Waals surface area contributed by atoms with E-state index >= 15 is 0 Å². The number of rotatable bonds is 3. The van der Waals surface area contributed by atoms with Gasteiger partial charge in [-0.1, -0.05) is 37.0 Å². The number of methoxy groups -OCH3 is 1. The maximum atomic E-state index is 12.9. The SMILES string of the molecule is COc1c(Cl)cc(Cl)cc1C(=O)N1CCCN(C(=O)C(C)C)CC1. The number of carbonyl (C=O) groups is 2. The smallest absolute Gasteiger partial charge is 0.257 e. The Labute approximate surface area is 152 Å². The van der Waals surface area contributed by atoms with E-state index in [4.69, 9.17) is 27.9 Å². The molecule has 0 unspecified atom stereocenters. The molecule has 24 heavy (non-hydrogen) atoms. The Morgan fingerprint density at radius 1 is 1.08 bits per heavy atom. The van der Waals surface area contributed by atoms with Gasteiger partial charge in [0.1, 0.15) is 5.75 Å². The highest BCUT2D eigenvalue weighted by atomic mass is 35.5. The van der Waals surface area contributed by atoms with Crippen LogP contribution in [0.1, 0.15) is 30.6 Å². The van der Waals surface area contributed by atoms with E-state index in [-0.39, 0.29) is 17.7 Å². The van der Waals surface area contributed by atoms with Crippen LogP contribution in [0.3, 0.4) is 0 Å². The Kier molecular flexibility index (Phi) is 6.35. The first-order valence-corrected chi connectivity index (χ1v) is 8.71. The molecule has 0 saturated carbocycles. The van der Waals surface area contributed by atoms with Crippen molar-refractivity contribution in [1.29, 1.82) is 0 Å². The van der Waals surface area contributed by atoms with Gasteiger partial charge in [0.05, 0.1) is 17.7 Å². The lowest BCUT2D eigenvalue weighted by Gasteiger charge is -2.24. The Balaban J connectivity index is 2.18. The van der Waals surface area contributed by atoms with E-state index in [1.807, 2.05) is 18.7 Å². The molecule has 1 aliphatic rings. The lowest BCUT2D eigenvalue weighted by Crippen LogP contribution is -2.39. The van der Waals surface area contributed by atoms with Crippen LogP contribution >= 0.6 is 23.2 Å². The van der Waals surface area contributed by atoms with Gasteiger partial charge >= 0.3 is 0 Å². The Bertz CT molecular complexity index is 635. The highest BCUT2D eigenvalue weighted by molar-refractivity contribution is 6.36. The Morgan fingerprint density at radius 2 is 1.71 bits per heavy atom. The number of halogens is 2. The van der Waals surface area contributed by atoms with E-state index in [9.17, 15) is 9.59 Å². The van der Waals surface area contributed by atoms with Crippen LogP contribution in [0.25, 0.3) is 0 Å². The maximum Gasteiger partial charge on any atom is 0.257 e. The van der Waals surface area contributed by atoms with E-state index in [2.05, 4.69) is 0 Å². The monoisotopic (exact) mass is 372 g/mol. The molecule has 1 aromatic rings. The predicted molar refractivity (Wildman–Crippen MR) is 95.0 cm³/mol. The molecule has 5 nitrogen and oxygen atoms in total. The van der Waals surface area contributed by atoms with Crippen molar-refractivity contribution in [3.8, 4) is 5.75 Å². The standard InChI is InChI=1S/C17H22Cl2N2O3/c1-11(2)16(22)20-5-4-6-21(8-7-20)17(23)13-9-12(18)10-14(19)15(13)24-3/h9-11H,4-8H2,1-3H3. The van der Waals surface area contributed by atoms with Crippen molar-refractivity contribution in [2.24, 2.45) is 5.92 Å². The zero-order valence-corrected chi connectivity index (χ0v) is 15.7. The number of carbonyl (C=O) groups excluding carboxylic acids is 2. The van der Waals surface area contributed by atoms with Crippen LogP contribution in [0, 0.1) is 5.92 Å². The first-order chi connectivity index (χ1) is 11.3. The minimum absolute atomic E-state index is 0.0425. The summed E-state index contributed by atoms with van der Waals surface area (Å²) in [6, 6.07) is 3.11. The molecule has 0 N–H and O–H groups in total. The fraction of sp³-hybridized carbons (Fsp3) is 0.529. The van der Waals surface area contributed by atoms with E-state index < -0.39 is 0 Å². The molecule has 7 heteroatoms. The molecule has 0 spiro atoms. The molecule has 0 aliphatic carbocycles. The quantitative estimate of drug-likeness (QED) is 0.817. The molecular weight excluding hydrogens is 351 g/mol. The normalized spacial score (nSPS) is 15.4. The molecule has 132 valence electrons. The van der Waals surface area contributed by atoms with Crippen LogP contribution < -0.4 is 4.74 Å². The number of benzene rings is 1. The van der Waals surface area contributed by atoms with Crippen molar-refractivity contribution in [3.63, 3.8) is 0 Å². The molecule has 0 aromatic heterocycles. The number of hydrogen-bond acceptors (Lipinski definition) is 3. The van der Waals surface area contributed by atoms with Gasteiger partial charge in [0.25, 0.3) is 5.91 Å². The van der Waals surface area contributed by atoms with Gasteiger partial charge < -0.3 is 14.5 Å². The zero-order chi connectivity index (χ0) is 17.9. The summed E-state index contributed by atoms with van der Waals surface area (Å²) in [5.41, 5.74) is 0.346. The molecule has 0 bridgehead atoms. The summed E-state index contributed by atoms with van der Waals surface area (Å²) in [6.07, 6.45) is 0.737. The zero-order valence-electron chi connectivity index (χ0n) is 14.1. The first kappa shape index (κ1) is 18.9. The second-order valence-electron chi connectivity index (χ2n) is 6.09. The van der Waals surface area contributed by atoms with Gasteiger partial charge in [0.15, 0.2) is 0 Å². The van der Waals surface area contributed by atoms with Crippen molar-refractivity contribution in [1.82, 2.24) is 9.80 Å². The molecule has 1 fully saturated rings. The van der Waals surface area contributed by atoms with E-state index in [1.165, 1.54) is 7.11 Å². The molecule has 0 atom stereocenters. The molecule has 2 amide bonds. The summed E-state index contributed by atoms with van der Waals surface area (Å²) in [6.45, 7) is 6.01.